The minimum Gasteiger partial charge on any atom is -0.480 e. The van der Waals surface area contributed by atoms with Crippen LogP contribution in [0.25, 0.3) is 11.1 Å². The van der Waals surface area contributed by atoms with Crippen LogP contribution in [-0.4, -0.2) is 53.3 Å². The molecule has 0 aromatic heterocycles. The molecule has 1 fully saturated rings. The summed E-state index contributed by atoms with van der Waals surface area (Å²) in [7, 11) is 1.24. The molecule has 0 aliphatic heterocycles. The summed E-state index contributed by atoms with van der Waals surface area (Å²) in [4.78, 5) is 53.2. The maximum Gasteiger partial charge on any atom is 0.411 e. The number of nitrogens with one attached hydrogen (secondary N) is 1. The van der Waals surface area contributed by atoms with Crippen LogP contribution in [0.5, 0.6) is 0 Å². The topological polar surface area (TPSA) is 113 Å². The number of aliphatic carboxylic acids is 1. The molecule has 0 heterocycles. The number of Topliss-reactive ketones (excluding diaryl/α,β-unsaturated/α-hetero) is 2. The molecule has 8 nitrogen and oxygen atoms in total. The largest absolute Gasteiger partial charge is 0.480 e. The number of benzene rings is 2. The van der Waals surface area contributed by atoms with Crippen molar-refractivity contribution in [1.29, 1.82) is 0 Å². The Balaban J connectivity index is 1.65. The van der Waals surface area contributed by atoms with E-state index in [0.717, 1.165) is 22.3 Å². The van der Waals surface area contributed by atoms with Crippen LogP contribution in [0.2, 0.25) is 0 Å². The van der Waals surface area contributed by atoms with E-state index in [1.54, 1.807) is 0 Å². The van der Waals surface area contributed by atoms with Gasteiger partial charge in [0.05, 0.1) is 18.7 Å². The van der Waals surface area contributed by atoms with Gasteiger partial charge in [0.2, 0.25) is 0 Å². The van der Waals surface area contributed by atoms with E-state index in [1.165, 1.54) is 12.0 Å². The van der Waals surface area contributed by atoms with Crippen LogP contribution in [0.1, 0.15) is 70.5 Å². The Kier molecular flexibility index (Phi) is 8.47. The summed E-state index contributed by atoms with van der Waals surface area (Å²) in [5, 5.41) is 13.6. The van der Waals surface area contributed by atoms with Crippen molar-refractivity contribution >= 4 is 23.6 Å². The van der Waals surface area contributed by atoms with E-state index in [-0.39, 0.29) is 54.3 Å². The highest BCUT2D eigenvalue weighted by molar-refractivity contribution is 6.22. The first kappa shape index (κ1) is 29.1. The summed E-state index contributed by atoms with van der Waals surface area (Å²) in [6, 6.07) is 13.4. The summed E-state index contributed by atoms with van der Waals surface area (Å²) < 4.78 is 5.11. The molecule has 1 saturated carbocycles. The molecule has 2 aliphatic rings. The van der Waals surface area contributed by atoms with Crippen LogP contribution in [0.3, 0.4) is 0 Å². The van der Waals surface area contributed by atoms with E-state index in [1.807, 2.05) is 76.2 Å². The molecule has 2 N–H and O–H groups in total. The minimum atomic E-state index is -1.23. The number of allylic oxidation sites excluding steroid dienone is 2. The van der Waals surface area contributed by atoms with Gasteiger partial charge in [-0.1, -0.05) is 76.2 Å². The number of carbonyl (C=O) groups is 4. The molecule has 1 atom stereocenters. The van der Waals surface area contributed by atoms with Gasteiger partial charge in [-0.05, 0) is 46.4 Å². The van der Waals surface area contributed by atoms with E-state index >= 15 is 0 Å². The van der Waals surface area contributed by atoms with Crippen molar-refractivity contribution < 1.29 is 29.0 Å². The normalized spacial score (nSPS) is 16.8. The Morgan fingerprint density at radius 2 is 1.52 bits per heavy atom. The predicted molar refractivity (Wildman–Crippen MR) is 152 cm³/mol. The van der Waals surface area contributed by atoms with Gasteiger partial charge in [-0.25, -0.2) is 9.59 Å². The number of ketones is 2. The molecule has 0 spiro atoms. The SMILES string of the molecule is COC(=O)N(C1c2ccccc2-c2ccccc21)[C@H](CCNC(CC(C)C)=C1C(=O)CC(C)(C)CC1=O)C(=O)O. The van der Waals surface area contributed by atoms with Crippen LogP contribution >= 0.6 is 0 Å². The number of carboxylic acids is 1. The third kappa shape index (κ3) is 5.81. The van der Waals surface area contributed by atoms with Crippen molar-refractivity contribution in [3.8, 4) is 11.1 Å². The van der Waals surface area contributed by atoms with Gasteiger partial charge in [-0.3, -0.25) is 14.5 Å². The number of methoxy groups -OCH3 is 1. The van der Waals surface area contributed by atoms with Gasteiger partial charge in [-0.15, -0.1) is 0 Å². The average Bonchev–Trinajstić information content (AvgIpc) is 3.20. The van der Waals surface area contributed by atoms with Crippen molar-refractivity contribution in [3.05, 3.63) is 70.9 Å². The Hall–Kier alpha value is -3.94. The number of fused-ring (bicyclic) bond motifs is 3. The molecule has 0 unspecified atom stereocenters. The third-order valence-corrected chi connectivity index (χ3v) is 7.59. The highest BCUT2D eigenvalue weighted by Gasteiger charge is 2.42. The first-order chi connectivity index (χ1) is 18.9. The van der Waals surface area contributed by atoms with Crippen molar-refractivity contribution in [3.63, 3.8) is 0 Å². The summed E-state index contributed by atoms with van der Waals surface area (Å²) in [6.45, 7) is 7.96. The van der Waals surface area contributed by atoms with Gasteiger partial charge in [0.15, 0.2) is 11.6 Å². The Morgan fingerprint density at radius 3 is 2.00 bits per heavy atom. The lowest BCUT2D eigenvalue weighted by atomic mass is 9.73. The zero-order chi connectivity index (χ0) is 29.2. The summed E-state index contributed by atoms with van der Waals surface area (Å²) in [5.74, 6) is -1.37. The number of carbonyl (C=O) groups excluding carboxylic acids is 3. The second-order valence-corrected chi connectivity index (χ2v) is 11.8. The van der Waals surface area contributed by atoms with Gasteiger partial charge < -0.3 is 15.2 Å². The average molecular weight is 547 g/mol. The van der Waals surface area contributed by atoms with Crippen molar-refractivity contribution in [1.82, 2.24) is 10.2 Å². The zero-order valence-corrected chi connectivity index (χ0v) is 23.8. The van der Waals surface area contributed by atoms with Gasteiger partial charge in [0.25, 0.3) is 0 Å². The Morgan fingerprint density at radius 1 is 1.00 bits per heavy atom. The van der Waals surface area contributed by atoms with E-state index in [2.05, 4.69) is 5.32 Å². The lowest BCUT2D eigenvalue weighted by molar-refractivity contribution is -0.143. The monoisotopic (exact) mass is 546 g/mol. The van der Waals surface area contributed by atoms with Crippen molar-refractivity contribution in [2.75, 3.05) is 13.7 Å². The van der Waals surface area contributed by atoms with Gasteiger partial charge in [0, 0.05) is 25.1 Å². The molecule has 0 radical (unpaired) electrons. The lowest BCUT2D eigenvalue weighted by Crippen LogP contribution is -2.48. The maximum atomic E-state index is 13.2. The van der Waals surface area contributed by atoms with Gasteiger partial charge in [0.1, 0.15) is 6.04 Å². The van der Waals surface area contributed by atoms with Crippen LogP contribution < -0.4 is 5.32 Å². The molecule has 0 bridgehead atoms. The smallest absolute Gasteiger partial charge is 0.411 e. The number of nitrogens with zero attached hydrogens (tertiary/aromatic N) is 1. The van der Waals surface area contributed by atoms with Crippen molar-refractivity contribution in [2.45, 2.75) is 65.5 Å². The number of carboxylic acid groups (broad SMARTS) is 1. The van der Waals surface area contributed by atoms with Crippen molar-refractivity contribution in [2.24, 2.45) is 11.3 Å². The molecule has 2 aromatic carbocycles. The quantitative estimate of drug-likeness (QED) is 0.315. The number of ether oxygens (including phenoxy) is 1. The molecule has 40 heavy (non-hydrogen) atoms. The fraction of sp³-hybridized carbons (Fsp3) is 0.438. The molecular formula is C32H38N2O6. The summed E-state index contributed by atoms with van der Waals surface area (Å²) in [5.41, 5.74) is 3.91. The summed E-state index contributed by atoms with van der Waals surface area (Å²) in [6.07, 6.45) is 0.338. The second-order valence-electron chi connectivity index (χ2n) is 11.8. The van der Waals surface area contributed by atoms with Crippen LogP contribution in [0.15, 0.2) is 59.8 Å². The number of hydrogen-bond donors (Lipinski definition) is 2. The number of hydrogen-bond acceptors (Lipinski definition) is 6. The molecule has 2 aromatic rings. The van der Waals surface area contributed by atoms with E-state index < -0.39 is 24.1 Å². The van der Waals surface area contributed by atoms with E-state index in [9.17, 15) is 24.3 Å². The van der Waals surface area contributed by atoms with Crippen LogP contribution in [0, 0.1) is 11.3 Å². The van der Waals surface area contributed by atoms with Gasteiger partial charge >= 0.3 is 12.1 Å². The molecule has 2 aliphatic carbocycles. The molecule has 1 amide bonds. The fourth-order valence-corrected chi connectivity index (χ4v) is 5.96. The highest BCUT2D eigenvalue weighted by Crippen LogP contribution is 2.47. The lowest BCUT2D eigenvalue weighted by Gasteiger charge is -2.34. The second kappa shape index (κ2) is 11.7. The highest BCUT2D eigenvalue weighted by atomic mass is 16.5. The number of rotatable bonds is 9. The third-order valence-electron chi connectivity index (χ3n) is 7.59. The van der Waals surface area contributed by atoms with E-state index in [0.29, 0.717) is 12.1 Å². The molecule has 4 rings (SSSR count). The standard InChI is InChI=1S/C32H38N2O6/c1-19(2)16-24(28-26(35)17-32(3,4)18-27(28)36)33-15-14-25(30(37)38)34(31(39)40-5)29-22-12-8-6-10-20(22)21-11-7-9-13-23(21)29/h6-13,19,25,29,33H,14-18H2,1-5H3,(H,37,38)/t25-/m1/s1. The van der Waals surface area contributed by atoms with Gasteiger partial charge in [-0.2, -0.15) is 0 Å². The Labute approximate surface area is 235 Å². The molecule has 212 valence electrons. The molecule has 0 saturated heterocycles. The summed E-state index contributed by atoms with van der Waals surface area (Å²) >= 11 is 0. The molecule has 8 heteroatoms. The minimum absolute atomic E-state index is 0.0357. The fourth-order valence-electron chi connectivity index (χ4n) is 5.96. The first-order valence-corrected chi connectivity index (χ1v) is 13.8. The van der Waals surface area contributed by atoms with Crippen LogP contribution in [0.4, 0.5) is 4.79 Å². The maximum absolute atomic E-state index is 13.2. The van der Waals surface area contributed by atoms with E-state index in [4.69, 9.17) is 4.74 Å². The predicted octanol–water partition coefficient (Wildman–Crippen LogP) is 5.52. The number of amides is 1. The Bertz CT molecular complexity index is 1290. The molecular weight excluding hydrogens is 508 g/mol. The zero-order valence-electron chi connectivity index (χ0n) is 23.8. The first-order valence-electron chi connectivity index (χ1n) is 13.8. The van der Waals surface area contributed by atoms with Crippen LogP contribution in [-0.2, 0) is 19.1 Å².